The van der Waals surface area contributed by atoms with Gasteiger partial charge in [0.15, 0.2) is 0 Å². The lowest BCUT2D eigenvalue weighted by Crippen LogP contribution is -2.29. The molecular formula is C23H15F3N2O4. The van der Waals surface area contributed by atoms with E-state index in [1.165, 1.54) is 18.2 Å². The van der Waals surface area contributed by atoms with Crippen LogP contribution in [0.1, 0.15) is 26.3 Å². The second-order valence-electron chi connectivity index (χ2n) is 6.96. The number of carbonyl (C=O) groups is 3. The number of imide groups is 1. The van der Waals surface area contributed by atoms with Gasteiger partial charge in [-0.05, 0) is 48.0 Å². The molecule has 1 aliphatic heterocycles. The Morgan fingerprint density at radius 2 is 1.50 bits per heavy atom. The first-order chi connectivity index (χ1) is 15.2. The van der Waals surface area contributed by atoms with Gasteiger partial charge in [-0.2, -0.15) is 0 Å². The summed E-state index contributed by atoms with van der Waals surface area (Å²) in [6, 6.07) is 17.7. The van der Waals surface area contributed by atoms with Gasteiger partial charge in [0.05, 0.1) is 23.2 Å². The number of nitrogens with zero attached hydrogens (tertiary/aromatic N) is 1. The second-order valence-corrected chi connectivity index (χ2v) is 6.96. The van der Waals surface area contributed by atoms with E-state index in [2.05, 4.69) is 10.1 Å². The van der Waals surface area contributed by atoms with E-state index in [4.69, 9.17) is 0 Å². The Kier molecular flexibility index (Phi) is 5.40. The van der Waals surface area contributed by atoms with Gasteiger partial charge >= 0.3 is 6.36 Å². The first-order valence-corrected chi connectivity index (χ1v) is 9.44. The van der Waals surface area contributed by atoms with Crippen molar-refractivity contribution in [1.82, 2.24) is 0 Å². The van der Waals surface area contributed by atoms with E-state index in [1.54, 1.807) is 42.5 Å². The molecule has 4 rings (SSSR count). The largest absolute Gasteiger partial charge is 0.573 e. The highest BCUT2D eigenvalue weighted by Crippen LogP contribution is 2.30. The van der Waals surface area contributed by atoms with Crippen LogP contribution in [0.2, 0.25) is 0 Å². The lowest BCUT2D eigenvalue weighted by atomic mass is 10.1. The molecule has 0 fully saturated rings. The van der Waals surface area contributed by atoms with E-state index in [1.807, 2.05) is 0 Å². The Morgan fingerprint density at radius 1 is 0.875 bits per heavy atom. The molecule has 0 saturated heterocycles. The number of nitrogens with one attached hydrogen (secondary N) is 1. The minimum absolute atomic E-state index is 0.0937. The molecule has 3 aromatic rings. The zero-order valence-electron chi connectivity index (χ0n) is 16.3. The molecular weight excluding hydrogens is 425 g/mol. The molecule has 0 radical (unpaired) electrons. The van der Waals surface area contributed by atoms with E-state index in [0.29, 0.717) is 28.1 Å². The third-order valence-electron chi connectivity index (χ3n) is 4.70. The Morgan fingerprint density at radius 3 is 2.09 bits per heavy atom. The van der Waals surface area contributed by atoms with Crippen LogP contribution in [0.5, 0.6) is 5.75 Å². The molecule has 1 aliphatic rings. The molecule has 1 N–H and O–H groups in total. The zero-order valence-corrected chi connectivity index (χ0v) is 16.3. The average molecular weight is 440 g/mol. The van der Waals surface area contributed by atoms with Gasteiger partial charge in [0.2, 0.25) is 5.91 Å². The summed E-state index contributed by atoms with van der Waals surface area (Å²) in [5.74, 6) is -1.70. The van der Waals surface area contributed by atoms with Crippen molar-refractivity contribution in [2.24, 2.45) is 0 Å². The highest BCUT2D eigenvalue weighted by molar-refractivity contribution is 6.34. The highest BCUT2D eigenvalue weighted by atomic mass is 19.4. The van der Waals surface area contributed by atoms with Crippen LogP contribution in [-0.2, 0) is 11.2 Å². The minimum atomic E-state index is -4.79. The molecule has 0 atom stereocenters. The minimum Gasteiger partial charge on any atom is -0.406 e. The first-order valence-electron chi connectivity index (χ1n) is 9.44. The quantitative estimate of drug-likeness (QED) is 0.590. The predicted octanol–water partition coefficient (Wildman–Crippen LogP) is 4.57. The number of ether oxygens (including phenoxy) is 1. The molecule has 32 heavy (non-hydrogen) atoms. The van der Waals surface area contributed by atoms with Crippen LogP contribution >= 0.6 is 0 Å². The standard InChI is InChI=1S/C23H15F3N2O4/c24-23(25,26)32-17-10-8-14(9-11-17)12-20(29)27-15-4-3-5-16(13-15)28-21(30)18-6-1-2-7-19(18)22(28)31/h1-11,13H,12H2,(H,27,29). The van der Waals surface area contributed by atoms with Gasteiger partial charge in [-0.3, -0.25) is 14.4 Å². The van der Waals surface area contributed by atoms with Crippen LogP contribution in [0.25, 0.3) is 0 Å². The number of carbonyl (C=O) groups excluding carboxylic acids is 3. The van der Waals surface area contributed by atoms with E-state index < -0.39 is 24.1 Å². The Hall–Kier alpha value is -4.14. The maximum absolute atomic E-state index is 12.6. The van der Waals surface area contributed by atoms with Crippen molar-refractivity contribution in [1.29, 1.82) is 0 Å². The Labute approximate surface area is 180 Å². The van der Waals surface area contributed by atoms with Crippen LogP contribution < -0.4 is 15.0 Å². The number of alkyl halides is 3. The summed E-state index contributed by atoms with van der Waals surface area (Å²) < 4.78 is 40.5. The number of hydrogen-bond acceptors (Lipinski definition) is 4. The van der Waals surface area contributed by atoms with Crippen LogP contribution in [0.4, 0.5) is 24.5 Å². The summed E-state index contributed by atoms with van der Waals surface area (Å²) >= 11 is 0. The van der Waals surface area contributed by atoms with E-state index in [9.17, 15) is 27.6 Å². The van der Waals surface area contributed by atoms with Crippen molar-refractivity contribution in [3.05, 3.63) is 89.5 Å². The summed E-state index contributed by atoms with van der Waals surface area (Å²) in [6.07, 6.45) is -4.88. The van der Waals surface area contributed by atoms with Crippen LogP contribution in [-0.4, -0.2) is 24.1 Å². The maximum atomic E-state index is 12.6. The van der Waals surface area contributed by atoms with E-state index in [-0.39, 0.29) is 12.2 Å². The van der Waals surface area contributed by atoms with Gasteiger partial charge in [-0.15, -0.1) is 13.2 Å². The van der Waals surface area contributed by atoms with Crippen LogP contribution in [0.3, 0.4) is 0 Å². The molecule has 0 unspecified atom stereocenters. The molecule has 3 amide bonds. The predicted molar refractivity (Wildman–Crippen MR) is 109 cm³/mol. The molecule has 6 nitrogen and oxygen atoms in total. The van der Waals surface area contributed by atoms with E-state index in [0.717, 1.165) is 17.0 Å². The van der Waals surface area contributed by atoms with Crippen LogP contribution in [0, 0.1) is 0 Å². The molecule has 0 spiro atoms. The zero-order chi connectivity index (χ0) is 22.9. The third kappa shape index (κ3) is 4.46. The summed E-state index contributed by atoms with van der Waals surface area (Å²) in [4.78, 5) is 38.7. The SMILES string of the molecule is O=C(Cc1ccc(OC(F)(F)F)cc1)Nc1cccc(N2C(=O)c3ccccc3C2=O)c1. The maximum Gasteiger partial charge on any atom is 0.573 e. The van der Waals surface area contributed by atoms with Gasteiger partial charge < -0.3 is 10.1 Å². The molecule has 0 aromatic heterocycles. The van der Waals surface area contributed by atoms with Crippen LogP contribution in [0.15, 0.2) is 72.8 Å². The fraction of sp³-hybridized carbons (Fsp3) is 0.0870. The topological polar surface area (TPSA) is 75.7 Å². The Balaban J connectivity index is 1.44. The number of halogens is 3. The Bertz CT molecular complexity index is 1170. The molecule has 0 saturated carbocycles. The molecule has 162 valence electrons. The van der Waals surface area contributed by atoms with Crippen molar-refractivity contribution in [2.75, 3.05) is 10.2 Å². The van der Waals surface area contributed by atoms with Crippen molar-refractivity contribution in [2.45, 2.75) is 12.8 Å². The number of anilines is 2. The fourth-order valence-electron chi connectivity index (χ4n) is 3.35. The summed E-state index contributed by atoms with van der Waals surface area (Å²) in [5, 5.41) is 2.66. The molecule has 9 heteroatoms. The lowest BCUT2D eigenvalue weighted by molar-refractivity contribution is -0.274. The van der Waals surface area contributed by atoms with E-state index >= 15 is 0 Å². The highest BCUT2D eigenvalue weighted by Gasteiger charge is 2.36. The van der Waals surface area contributed by atoms with Gasteiger partial charge in [-0.1, -0.05) is 30.3 Å². The molecule has 0 bridgehead atoms. The number of benzene rings is 3. The monoisotopic (exact) mass is 440 g/mol. The second kappa shape index (κ2) is 8.18. The smallest absolute Gasteiger partial charge is 0.406 e. The number of fused-ring (bicyclic) bond motifs is 1. The first kappa shape index (κ1) is 21.1. The lowest BCUT2D eigenvalue weighted by Gasteiger charge is -2.15. The molecule has 1 heterocycles. The number of hydrogen-bond donors (Lipinski definition) is 1. The van der Waals surface area contributed by atoms with Gasteiger partial charge in [0.1, 0.15) is 5.75 Å². The van der Waals surface area contributed by atoms with Crippen molar-refractivity contribution >= 4 is 29.1 Å². The third-order valence-corrected chi connectivity index (χ3v) is 4.70. The van der Waals surface area contributed by atoms with Crippen molar-refractivity contribution in [3.63, 3.8) is 0 Å². The fourth-order valence-corrected chi connectivity index (χ4v) is 3.35. The van der Waals surface area contributed by atoms with Gasteiger partial charge in [-0.25, -0.2) is 4.90 Å². The van der Waals surface area contributed by atoms with Crippen molar-refractivity contribution in [3.8, 4) is 5.75 Å². The summed E-state index contributed by atoms with van der Waals surface area (Å²) in [7, 11) is 0. The van der Waals surface area contributed by atoms with Gasteiger partial charge in [0.25, 0.3) is 11.8 Å². The van der Waals surface area contributed by atoms with Gasteiger partial charge in [0, 0.05) is 5.69 Å². The molecule has 0 aliphatic carbocycles. The normalized spacial score (nSPS) is 13.2. The average Bonchev–Trinajstić information content (AvgIpc) is 2.99. The number of rotatable bonds is 5. The molecule has 3 aromatic carbocycles. The summed E-state index contributed by atoms with van der Waals surface area (Å²) in [6.45, 7) is 0. The van der Waals surface area contributed by atoms with Crippen molar-refractivity contribution < 1.29 is 32.3 Å². The number of amides is 3. The summed E-state index contributed by atoms with van der Waals surface area (Å²) in [5.41, 5.74) is 1.77.